The number of hydrogen-bond donors (Lipinski definition) is 1. The molecule has 108 valence electrons. The molecule has 0 saturated heterocycles. The van der Waals surface area contributed by atoms with Crippen LogP contribution in [0.15, 0.2) is 28.7 Å². The second-order valence-electron chi connectivity index (χ2n) is 5.64. The number of benzene rings is 1. The number of nitrogens with one attached hydrogen (secondary N) is 1. The normalized spacial score (nSPS) is 14.4. The highest BCUT2D eigenvalue weighted by Crippen LogP contribution is 2.30. The van der Waals surface area contributed by atoms with Gasteiger partial charge in [-0.25, -0.2) is 0 Å². The second kappa shape index (κ2) is 7.91. The van der Waals surface area contributed by atoms with Gasteiger partial charge in [-0.15, -0.1) is 0 Å². The fourth-order valence-corrected chi connectivity index (χ4v) is 2.19. The Morgan fingerprint density at radius 1 is 1.26 bits per heavy atom. The second-order valence-corrected chi connectivity index (χ2v) is 6.56. The largest absolute Gasteiger partial charge is 0.494 e. The van der Waals surface area contributed by atoms with Gasteiger partial charge in [-0.05, 0) is 48.6 Å². The Bertz CT molecular complexity index is 364. The predicted molar refractivity (Wildman–Crippen MR) is 85.7 cm³/mol. The Morgan fingerprint density at radius 2 is 1.89 bits per heavy atom. The zero-order valence-electron chi connectivity index (χ0n) is 12.5. The highest BCUT2D eigenvalue weighted by atomic mass is 79.9. The molecule has 0 aliphatic rings. The Balaban J connectivity index is 2.46. The zero-order valence-corrected chi connectivity index (χ0v) is 14.1. The molecule has 1 unspecified atom stereocenters. The molecular weight excluding hydrogens is 302 g/mol. The quantitative estimate of drug-likeness (QED) is 0.759. The van der Waals surface area contributed by atoms with Crippen molar-refractivity contribution in [3.8, 4) is 5.75 Å². The summed E-state index contributed by atoms with van der Waals surface area (Å²) >= 11 is 3.43. The first-order valence-electron chi connectivity index (χ1n) is 7.07. The summed E-state index contributed by atoms with van der Waals surface area (Å²) in [6.45, 7) is 11.9. The van der Waals surface area contributed by atoms with E-state index in [0.717, 1.165) is 36.3 Å². The van der Waals surface area contributed by atoms with E-state index in [9.17, 15) is 0 Å². The molecule has 0 fully saturated rings. The molecule has 19 heavy (non-hydrogen) atoms. The van der Waals surface area contributed by atoms with Gasteiger partial charge in [0.25, 0.3) is 0 Å². The predicted octanol–water partition coefficient (Wildman–Crippen LogP) is 4.49. The van der Waals surface area contributed by atoms with E-state index < -0.39 is 0 Å². The summed E-state index contributed by atoms with van der Waals surface area (Å²) in [6.07, 6.45) is 1.06. The van der Waals surface area contributed by atoms with E-state index in [1.54, 1.807) is 0 Å². The van der Waals surface area contributed by atoms with Crippen LogP contribution in [0, 0.1) is 11.3 Å². The number of hydrogen-bond acceptors (Lipinski definition) is 2. The van der Waals surface area contributed by atoms with Crippen molar-refractivity contribution in [2.24, 2.45) is 11.3 Å². The first kappa shape index (κ1) is 16.5. The molecule has 0 aliphatic heterocycles. The Kier molecular flexibility index (Phi) is 6.87. The van der Waals surface area contributed by atoms with Crippen LogP contribution in [0.5, 0.6) is 5.75 Å². The molecule has 1 atom stereocenters. The van der Waals surface area contributed by atoms with E-state index in [1.807, 2.05) is 24.3 Å². The summed E-state index contributed by atoms with van der Waals surface area (Å²) < 4.78 is 6.92. The molecule has 0 saturated carbocycles. The van der Waals surface area contributed by atoms with Gasteiger partial charge in [0.05, 0.1) is 6.61 Å². The molecule has 0 heterocycles. The number of ether oxygens (including phenoxy) is 1. The van der Waals surface area contributed by atoms with Crippen LogP contribution in [0.4, 0.5) is 0 Å². The highest BCUT2D eigenvalue weighted by molar-refractivity contribution is 9.10. The molecule has 1 rings (SSSR count). The van der Waals surface area contributed by atoms with Crippen LogP contribution in [0.25, 0.3) is 0 Å². The molecule has 0 spiro atoms. The maximum atomic E-state index is 5.84. The van der Waals surface area contributed by atoms with E-state index in [-0.39, 0.29) is 5.41 Å². The monoisotopic (exact) mass is 327 g/mol. The molecule has 0 amide bonds. The molecule has 0 radical (unpaired) electrons. The van der Waals surface area contributed by atoms with Crippen LogP contribution >= 0.6 is 15.9 Å². The fraction of sp³-hybridized carbons (Fsp3) is 0.625. The smallest absolute Gasteiger partial charge is 0.119 e. The molecule has 0 aromatic heterocycles. The van der Waals surface area contributed by atoms with E-state index in [4.69, 9.17) is 4.74 Å². The van der Waals surface area contributed by atoms with Crippen LogP contribution < -0.4 is 10.1 Å². The van der Waals surface area contributed by atoms with Gasteiger partial charge in [-0.3, -0.25) is 0 Å². The highest BCUT2D eigenvalue weighted by Gasteiger charge is 2.27. The van der Waals surface area contributed by atoms with Gasteiger partial charge in [0, 0.05) is 11.0 Å². The molecule has 1 N–H and O–H groups in total. The Labute approximate surface area is 126 Å². The topological polar surface area (TPSA) is 21.3 Å². The van der Waals surface area contributed by atoms with Crippen molar-refractivity contribution < 1.29 is 4.74 Å². The van der Waals surface area contributed by atoms with Crippen LogP contribution in [0.3, 0.4) is 0 Å². The molecular formula is C16H26BrNO. The lowest BCUT2D eigenvalue weighted by atomic mass is 9.76. The van der Waals surface area contributed by atoms with Gasteiger partial charge in [-0.1, -0.05) is 43.6 Å². The van der Waals surface area contributed by atoms with Gasteiger partial charge >= 0.3 is 0 Å². The molecule has 3 heteroatoms. The summed E-state index contributed by atoms with van der Waals surface area (Å²) in [5.41, 5.74) is 0.283. The summed E-state index contributed by atoms with van der Waals surface area (Å²) in [5, 5.41) is 3.46. The number of rotatable bonds is 8. The lowest BCUT2D eigenvalue weighted by Gasteiger charge is -2.34. The maximum Gasteiger partial charge on any atom is 0.119 e. The molecule has 0 bridgehead atoms. The Hall–Kier alpha value is -0.540. The summed E-state index contributed by atoms with van der Waals surface area (Å²) in [7, 11) is 0. The Morgan fingerprint density at radius 3 is 2.42 bits per heavy atom. The van der Waals surface area contributed by atoms with Crippen LogP contribution in [-0.4, -0.2) is 19.7 Å². The van der Waals surface area contributed by atoms with Gasteiger partial charge in [0.2, 0.25) is 0 Å². The van der Waals surface area contributed by atoms with Crippen molar-refractivity contribution >= 4 is 15.9 Å². The lowest BCUT2D eigenvalue weighted by molar-refractivity contribution is 0.151. The molecule has 2 nitrogen and oxygen atoms in total. The van der Waals surface area contributed by atoms with Crippen molar-refractivity contribution in [1.29, 1.82) is 0 Å². The zero-order chi connectivity index (χ0) is 14.3. The van der Waals surface area contributed by atoms with E-state index >= 15 is 0 Å². The average Bonchev–Trinajstić information content (AvgIpc) is 2.38. The van der Waals surface area contributed by atoms with Crippen LogP contribution in [0.1, 0.15) is 34.1 Å². The first-order chi connectivity index (χ1) is 8.98. The van der Waals surface area contributed by atoms with Crippen molar-refractivity contribution in [3.05, 3.63) is 28.7 Å². The minimum absolute atomic E-state index is 0.283. The third kappa shape index (κ3) is 5.53. The van der Waals surface area contributed by atoms with Gasteiger partial charge in [0.15, 0.2) is 0 Å². The third-order valence-electron chi connectivity index (χ3n) is 3.93. The fourth-order valence-electron chi connectivity index (χ4n) is 1.92. The van der Waals surface area contributed by atoms with Gasteiger partial charge in [-0.2, -0.15) is 0 Å². The third-order valence-corrected chi connectivity index (χ3v) is 4.46. The lowest BCUT2D eigenvalue weighted by Crippen LogP contribution is -2.37. The average molecular weight is 328 g/mol. The van der Waals surface area contributed by atoms with Crippen LogP contribution in [-0.2, 0) is 0 Å². The van der Waals surface area contributed by atoms with E-state index in [1.165, 1.54) is 0 Å². The van der Waals surface area contributed by atoms with E-state index in [0.29, 0.717) is 5.92 Å². The van der Waals surface area contributed by atoms with Gasteiger partial charge in [0.1, 0.15) is 5.75 Å². The van der Waals surface area contributed by atoms with E-state index in [2.05, 4.69) is 48.9 Å². The van der Waals surface area contributed by atoms with Gasteiger partial charge < -0.3 is 10.1 Å². The van der Waals surface area contributed by atoms with Crippen molar-refractivity contribution in [1.82, 2.24) is 5.32 Å². The van der Waals surface area contributed by atoms with Crippen molar-refractivity contribution in [3.63, 3.8) is 0 Å². The van der Waals surface area contributed by atoms with Crippen molar-refractivity contribution in [2.75, 3.05) is 19.7 Å². The summed E-state index contributed by atoms with van der Waals surface area (Å²) in [6, 6.07) is 8.02. The maximum absolute atomic E-state index is 5.84. The summed E-state index contributed by atoms with van der Waals surface area (Å²) in [5.74, 6) is 1.58. The minimum Gasteiger partial charge on any atom is -0.494 e. The minimum atomic E-state index is 0.283. The molecule has 1 aromatic carbocycles. The number of halogens is 1. The van der Waals surface area contributed by atoms with Crippen LogP contribution in [0.2, 0.25) is 0 Å². The van der Waals surface area contributed by atoms with Crippen molar-refractivity contribution in [2.45, 2.75) is 34.1 Å². The molecule has 0 aliphatic carbocycles. The summed E-state index contributed by atoms with van der Waals surface area (Å²) in [4.78, 5) is 0. The standard InChI is InChI=1S/C16H26BrNO/c1-5-18-12-16(4,13(2)3)10-11-19-15-8-6-14(17)7-9-15/h6-9,13,18H,5,10-12H2,1-4H3. The SMILES string of the molecule is CCNCC(C)(CCOc1ccc(Br)cc1)C(C)C. The first-order valence-corrected chi connectivity index (χ1v) is 7.86. The molecule has 1 aromatic rings.